The Kier molecular flexibility index (Phi) is 6.94. The molecule has 5 nitrogen and oxygen atoms in total. The molecule has 1 heterocycles. The standard InChI is InChI=1S/C27H30FNO4/c28-22-5-3-4-21(18-22)27(15-1-2-16-27)24(30)12-10-23-11-13-25(31)29(23)17-14-19-6-8-20(9-7-19)26(32)33/h3-10,12,18,23-24,30H,1-2,11,13-17H2,(H,32,33)/b12-10+/t23-,24?/m0/s1. The van der Waals surface area contributed by atoms with Crippen molar-refractivity contribution in [1.82, 2.24) is 4.90 Å². The highest BCUT2D eigenvalue weighted by atomic mass is 19.1. The molecule has 1 amide bonds. The largest absolute Gasteiger partial charge is 0.478 e. The third-order valence-electron chi connectivity index (χ3n) is 7.19. The van der Waals surface area contributed by atoms with Crippen LogP contribution in [0.1, 0.15) is 60.0 Å². The van der Waals surface area contributed by atoms with Crippen molar-refractivity contribution in [3.8, 4) is 0 Å². The van der Waals surface area contributed by atoms with Crippen LogP contribution in [-0.4, -0.2) is 45.7 Å². The lowest BCUT2D eigenvalue weighted by Crippen LogP contribution is -2.37. The molecule has 0 bridgehead atoms. The summed E-state index contributed by atoms with van der Waals surface area (Å²) >= 11 is 0. The zero-order valence-electron chi connectivity index (χ0n) is 18.6. The van der Waals surface area contributed by atoms with Crippen LogP contribution in [-0.2, 0) is 16.6 Å². The van der Waals surface area contributed by atoms with Crippen LogP contribution in [0, 0.1) is 5.82 Å². The minimum atomic E-state index is -0.960. The quantitative estimate of drug-likeness (QED) is 0.580. The second-order valence-electron chi connectivity index (χ2n) is 9.15. The third kappa shape index (κ3) is 5.01. The highest BCUT2D eigenvalue weighted by Crippen LogP contribution is 2.44. The number of halogens is 1. The number of aliphatic hydroxyl groups is 1. The van der Waals surface area contributed by atoms with Gasteiger partial charge in [-0.25, -0.2) is 9.18 Å². The summed E-state index contributed by atoms with van der Waals surface area (Å²) in [5.41, 5.74) is 1.56. The number of hydrogen-bond donors (Lipinski definition) is 2. The molecule has 0 spiro atoms. The lowest BCUT2D eigenvalue weighted by atomic mass is 9.74. The van der Waals surface area contributed by atoms with E-state index < -0.39 is 17.5 Å². The average molecular weight is 452 g/mol. The van der Waals surface area contributed by atoms with Gasteiger partial charge in [0.25, 0.3) is 0 Å². The molecule has 6 heteroatoms. The Morgan fingerprint density at radius 1 is 1.18 bits per heavy atom. The van der Waals surface area contributed by atoms with Crippen molar-refractivity contribution in [2.75, 3.05) is 6.54 Å². The summed E-state index contributed by atoms with van der Waals surface area (Å²) < 4.78 is 13.9. The Balaban J connectivity index is 1.44. The molecular weight excluding hydrogens is 421 g/mol. The molecule has 2 aromatic rings. The summed E-state index contributed by atoms with van der Waals surface area (Å²) in [5, 5.41) is 20.2. The molecular formula is C27H30FNO4. The van der Waals surface area contributed by atoms with Crippen LogP contribution >= 0.6 is 0 Å². The van der Waals surface area contributed by atoms with E-state index >= 15 is 0 Å². The number of likely N-dealkylation sites (tertiary alicyclic amines) is 1. The Morgan fingerprint density at radius 2 is 1.91 bits per heavy atom. The van der Waals surface area contributed by atoms with Crippen LogP contribution in [0.5, 0.6) is 0 Å². The Morgan fingerprint density at radius 3 is 2.58 bits per heavy atom. The molecule has 4 rings (SSSR count). The van der Waals surface area contributed by atoms with Gasteiger partial charge in [0, 0.05) is 18.4 Å². The molecule has 1 aliphatic heterocycles. The molecule has 2 aliphatic rings. The fourth-order valence-electron chi connectivity index (χ4n) is 5.29. The molecule has 2 N–H and O–H groups in total. The Hall–Kier alpha value is -2.99. The van der Waals surface area contributed by atoms with Crippen LogP contribution in [0.15, 0.2) is 60.7 Å². The van der Waals surface area contributed by atoms with Gasteiger partial charge in [-0.15, -0.1) is 0 Å². The first kappa shape index (κ1) is 23.2. The predicted octanol–water partition coefficient (Wildman–Crippen LogP) is 4.49. The highest BCUT2D eigenvalue weighted by molar-refractivity contribution is 5.87. The number of carboxylic acids is 1. The molecule has 1 saturated carbocycles. The van der Waals surface area contributed by atoms with E-state index in [1.807, 2.05) is 17.0 Å². The lowest BCUT2D eigenvalue weighted by Gasteiger charge is -2.34. The van der Waals surface area contributed by atoms with Crippen LogP contribution in [0.2, 0.25) is 0 Å². The SMILES string of the molecule is O=C(O)c1ccc(CCN2C(=O)CC[C@@H]2/C=C/C(O)C2(c3cccc(F)c3)CCCC2)cc1. The van der Waals surface area contributed by atoms with Gasteiger partial charge in [-0.1, -0.05) is 49.3 Å². The smallest absolute Gasteiger partial charge is 0.335 e. The van der Waals surface area contributed by atoms with Gasteiger partial charge in [0.1, 0.15) is 5.82 Å². The number of carbonyl (C=O) groups excluding carboxylic acids is 1. The average Bonchev–Trinajstić information content (AvgIpc) is 3.44. The molecule has 2 fully saturated rings. The molecule has 2 atom stereocenters. The fraction of sp³-hybridized carbons (Fsp3) is 0.407. The molecule has 1 saturated heterocycles. The molecule has 174 valence electrons. The monoisotopic (exact) mass is 451 g/mol. The van der Waals surface area contributed by atoms with E-state index in [9.17, 15) is 19.1 Å². The van der Waals surface area contributed by atoms with Gasteiger partial charge in [0.2, 0.25) is 5.91 Å². The molecule has 2 aromatic carbocycles. The Labute approximate surface area is 193 Å². The minimum absolute atomic E-state index is 0.0852. The summed E-state index contributed by atoms with van der Waals surface area (Å²) in [6.45, 7) is 0.533. The van der Waals surface area contributed by atoms with E-state index in [4.69, 9.17) is 5.11 Å². The van der Waals surface area contributed by atoms with Gasteiger partial charge in [-0.05, 0) is 61.1 Å². The van der Waals surface area contributed by atoms with E-state index in [2.05, 4.69) is 0 Å². The van der Waals surface area contributed by atoms with E-state index in [-0.39, 0.29) is 23.3 Å². The second kappa shape index (κ2) is 9.87. The van der Waals surface area contributed by atoms with Gasteiger partial charge < -0.3 is 15.1 Å². The van der Waals surface area contributed by atoms with E-state index in [1.165, 1.54) is 12.1 Å². The highest BCUT2D eigenvalue weighted by Gasteiger charge is 2.41. The van der Waals surface area contributed by atoms with Crippen molar-refractivity contribution < 1.29 is 24.2 Å². The maximum Gasteiger partial charge on any atom is 0.335 e. The van der Waals surface area contributed by atoms with E-state index in [0.717, 1.165) is 36.8 Å². The minimum Gasteiger partial charge on any atom is -0.478 e. The van der Waals surface area contributed by atoms with Gasteiger partial charge in [-0.2, -0.15) is 0 Å². The molecule has 1 unspecified atom stereocenters. The summed E-state index contributed by atoms with van der Waals surface area (Å²) in [5.74, 6) is -1.17. The van der Waals surface area contributed by atoms with Gasteiger partial charge in [0.05, 0.1) is 17.7 Å². The van der Waals surface area contributed by atoms with E-state index in [1.54, 1.807) is 36.4 Å². The van der Waals surface area contributed by atoms with Crippen LogP contribution in [0.4, 0.5) is 4.39 Å². The van der Waals surface area contributed by atoms with Crippen molar-refractivity contribution in [3.05, 3.63) is 83.2 Å². The summed E-state index contributed by atoms with van der Waals surface area (Å²) in [4.78, 5) is 25.3. The second-order valence-corrected chi connectivity index (χ2v) is 9.15. The van der Waals surface area contributed by atoms with Crippen LogP contribution in [0.3, 0.4) is 0 Å². The molecule has 0 aromatic heterocycles. The van der Waals surface area contributed by atoms with Gasteiger partial charge in [0.15, 0.2) is 0 Å². The van der Waals surface area contributed by atoms with Crippen LogP contribution < -0.4 is 0 Å². The van der Waals surface area contributed by atoms with Crippen molar-refractivity contribution in [2.45, 2.75) is 62.5 Å². The Bertz CT molecular complexity index is 1030. The first-order valence-electron chi connectivity index (χ1n) is 11.6. The first-order chi connectivity index (χ1) is 15.9. The number of aromatic carboxylic acids is 1. The summed E-state index contributed by atoms with van der Waals surface area (Å²) in [6.07, 6.45) is 8.39. The maximum atomic E-state index is 13.9. The topological polar surface area (TPSA) is 77.8 Å². The predicted molar refractivity (Wildman–Crippen MR) is 124 cm³/mol. The number of rotatable bonds is 8. The van der Waals surface area contributed by atoms with Gasteiger partial charge in [-0.3, -0.25) is 4.79 Å². The fourth-order valence-corrected chi connectivity index (χ4v) is 5.29. The van der Waals surface area contributed by atoms with Crippen molar-refractivity contribution >= 4 is 11.9 Å². The molecule has 0 radical (unpaired) electrons. The third-order valence-corrected chi connectivity index (χ3v) is 7.19. The number of hydrogen-bond acceptors (Lipinski definition) is 3. The number of benzene rings is 2. The summed E-state index contributed by atoms with van der Waals surface area (Å²) in [6, 6.07) is 13.2. The zero-order valence-corrected chi connectivity index (χ0v) is 18.6. The number of amides is 1. The normalized spacial score (nSPS) is 21.1. The summed E-state index contributed by atoms with van der Waals surface area (Å²) in [7, 11) is 0. The van der Waals surface area contributed by atoms with Crippen molar-refractivity contribution in [2.24, 2.45) is 0 Å². The number of nitrogens with zero attached hydrogens (tertiary/aromatic N) is 1. The zero-order chi connectivity index (χ0) is 23.4. The number of carbonyl (C=O) groups is 2. The molecule has 1 aliphatic carbocycles. The maximum absolute atomic E-state index is 13.9. The van der Waals surface area contributed by atoms with Crippen molar-refractivity contribution in [3.63, 3.8) is 0 Å². The molecule has 33 heavy (non-hydrogen) atoms. The lowest BCUT2D eigenvalue weighted by molar-refractivity contribution is -0.128. The number of aliphatic hydroxyl groups excluding tert-OH is 1. The van der Waals surface area contributed by atoms with E-state index in [0.29, 0.717) is 25.8 Å². The van der Waals surface area contributed by atoms with Crippen LogP contribution in [0.25, 0.3) is 0 Å². The van der Waals surface area contributed by atoms with Crippen molar-refractivity contribution in [1.29, 1.82) is 0 Å². The van der Waals surface area contributed by atoms with Gasteiger partial charge >= 0.3 is 5.97 Å². The number of carboxylic acid groups (broad SMARTS) is 1. The first-order valence-corrected chi connectivity index (χ1v) is 11.6.